The van der Waals surface area contributed by atoms with Gasteiger partial charge in [0.15, 0.2) is 0 Å². The maximum Gasteiger partial charge on any atom is 0.241 e. The van der Waals surface area contributed by atoms with Crippen LogP contribution in [0.4, 0.5) is 0 Å². The molecule has 1 saturated heterocycles. The first-order valence-electron chi connectivity index (χ1n) is 6.80. The summed E-state index contributed by atoms with van der Waals surface area (Å²) in [6.45, 7) is 1.78. The van der Waals surface area contributed by atoms with Gasteiger partial charge in [-0.3, -0.25) is 9.48 Å². The lowest BCUT2D eigenvalue weighted by molar-refractivity contribution is -0.122. The minimum atomic E-state index is -0.636. The molecule has 106 valence electrons. The Bertz CT molecular complexity index is 430. The molecule has 2 heterocycles. The Balaban J connectivity index is 1.83. The van der Waals surface area contributed by atoms with E-state index in [1.807, 2.05) is 7.05 Å². The number of rotatable bonds is 4. The number of piperidine rings is 1. The lowest BCUT2D eigenvalue weighted by Gasteiger charge is -2.32. The van der Waals surface area contributed by atoms with Crippen LogP contribution in [0.2, 0.25) is 0 Å². The molecule has 1 aromatic heterocycles. The number of nitrogens with one attached hydrogen (secondary N) is 1. The van der Waals surface area contributed by atoms with Gasteiger partial charge < -0.3 is 16.0 Å². The van der Waals surface area contributed by atoms with Gasteiger partial charge in [-0.25, -0.2) is 0 Å². The van der Waals surface area contributed by atoms with E-state index in [4.69, 9.17) is 5.73 Å². The number of carbonyl (C=O) groups excluding carboxylic acids is 1. The van der Waals surface area contributed by atoms with Crippen molar-refractivity contribution in [1.82, 2.24) is 20.0 Å². The lowest BCUT2D eigenvalue weighted by atomic mass is 10.0. The topological polar surface area (TPSA) is 76.2 Å². The molecule has 6 nitrogen and oxygen atoms in total. The largest absolute Gasteiger partial charge is 0.353 e. The van der Waals surface area contributed by atoms with Crippen LogP contribution in [0, 0.1) is 0 Å². The number of aromatic nitrogens is 2. The summed E-state index contributed by atoms with van der Waals surface area (Å²) >= 11 is 0. The summed E-state index contributed by atoms with van der Waals surface area (Å²) in [4.78, 5) is 14.3. The van der Waals surface area contributed by atoms with Gasteiger partial charge in [0, 0.05) is 31.4 Å². The van der Waals surface area contributed by atoms with Crippen molar-refractivity contribution in [3.8, 4) is 0 Å². The molecule has 0 radical (unpaired) electrons. The van der Waals surface area contributed by atoms with E-state index >= 15 is 0 Å². The molecule has 2 atom stereocenters. The fourth-order valence-corrected chi connectivity index (χ4v) is 2.48. The number of hydrogen-bond acceptors (Lipinski definition) is 4. The zero-order chi connectivity index (χ0) is 13.8. The minimum absolute atomic E-state index is 0.132. The van der Waals surface area contributed by atoms with Gasteiger partial charge in [-0.15, -0.1) is 0 Å². The highest BCUT2D eigenvalue weighted by Crippen LogP contribution is 2.14. The Kier molecular flexibility index (Phi) is 4.55. The molecule has 1 aliphatic heterocycles. The van der Waals surface area contributed by atoms with Gasteiger partial charge in [-0.2, -0.15) is 5.10 Å². The van der Waals surface area contributed by atoms with E-state index in [0.29, 0.717) is 12.6 Å². The van der Waals surface area contributed by atoms with E-state index < -0.39 is 6.04 Å². The maximum absolute atomic E-state index is 12.0. The second kappa shape index (κ2) is 6.16. The number of likely N-dealkylation sites (N-methyl/N-ethyl adjacent to an activating group) is 1. The van der Waals surface area contributed by atoms with Crippen molar-refractivity contribution in [3.05, 3.63) is 18.0 Å². The summed E-state index contributed by atoms with van der Waals surface area (Å²) in [6, 6.07) is -0.207. The van der Waals surface area contributed by atoms with Crippen LogP contribution in [0.3, 0.4) is 0 Å². The van der Waals surface area contributed by atoms with E-state index in [1.165, 1.54) is 12.8 Å². The number of carbonyl (C=O) groups is 1. The van der Waals surface area contributed by atoms with Crippen LogP contribution in [-0.4, -0.2) is 46.8 Å². The molecular formula is C13H23N5O. The molecule has 2 unspecified atom stereocenters. The molecule has 0 bridgehead atoms. The molecule has 3 N–H and O–H groups in total. The maximum atomic E-state index is 12.0. The third-order valence-electron chi connectivity index (χ3n) is 3.80. The van der Waals surface area contributed by atoms with Crippen molar-refractivity contribution < 1.29 is 4.79 Å². The monoisotopic (exact) mass is 265 g/mol. The van der Waals surface area contributed by atoms with Gasteiger partial charge in [0.05, 0.1) is 6.20 Å². The molecule has 1 aromatic rings. The van der Waals surface area contributed by atoms with Crippen LogP contribution >= 0.6 is 0 Å². The number of likely N-dealkylation sites (tertiary alicyclic amines) is 1. The van der Waals surface area contributed by atoms with E-state index in [0.717, 1.165) is 18.5 Å². The minimum Gasteiger partial charge on any atom is -0.353 e. The van der Waals surface area contributed by atoms with Crippen molar-refractivity contribution in [1.29, 1.82) is 0 Å². The molecule has 1 amide bonds. The third-order valence-corrected chi connectivity index (χ3v) is 3.80. The molecule has 2 rings (SSSR count). The van der Waals surface area contributed by atoms with E-state index in [-0.39, 0.29) is 5.91 Å². The second-order valence-electron chi connectivity index (χ2n) is 5.30. The van der Waals surface area contributed by atoms with Crippen molar-refractivity contribution in [3.63, 3.8) is 0 Å². The van der Waals surface area contributed by atoms with Gasteiger partial charge in [0.2, 0.25) is 5.91 Å². The van der Waals surface area contributed by atoms with Crippen LogP contribution < -0.4 is 11.1 Å². The first-order valence-corrected chi connectivity index (χ1v) is 6.80. The number of nitrogens with zero attached hydrogens (tertiary/aromatic N) is 3. The molecule has 19 heavy (non-hydrogen) atoms. The van der Waals surface area contributed by atoms with Crippen molar-refractivity contribution in [2.45, 2.75) is 31.3 Å². The Labute approximate surface area is 113 Å². The smallest absolute Gasteiger partial charge is 0.241 e. The number of amides is 1. The first kappa shape index (κ1) is 14.0. The van der Waals surface area contributed by atoms with Gasteiger partial charge in [-0.05, 0) is 26.4 Å². The first-order chi connectivity index (χ1) is 9.08. The normalized spacial score (nSPS) is 22.2. The van der Waals surface area contributed by atoms with Gasteiger partial charge in [0.1, 0.15) is 6.04 Å². The van der Waals surface area contributed by atoms with Gasteiger partial charge in [0.25, 0.3) is 0 Å². The average Bonchev–Trinajstić information content (AvgIpc) is 2.83. The molecule has 0 spiro atoms. The standard InChI is InChI=1S/C13H23N5O/c1-17-6-4-3-5-11(17)8-15-13(19)12(14)10-7-16-18(2)9-10/h7,9,11-12H,3-6,8,14H2,1-2H3,(H,15,19). The van der Waals surface area contributed by atoms with E-state index in [2.05, 4.69) is 22.4 Å². The predicted molar refractivity (Wildman–Crippen MR) is 73.4 cm³/mol. The molecule has 1 aliphatic rings. The Morgan fingerprint density at radius 3 is 3.00 bits per heavy atom. The molecule has 6 heteroatoms. The molecule has 1 fully saturated rings. The Morgan fingerprint density at radius 1 is 1.58 bits per heavy atom. The van der Waals surface area contributed by atoms with E-state index in [9.17, 15) is 4.79 Å². The second-order valence-corrected chi connectivity index (χ2v) is 5.30. The summed E-state index contributed by atoms with van der Waals surface area (Å²) in [5.41, 5.74) is 6.67. The highest BCUT2D eigenvalue weighted by Gasteiger charge is 2.22. The quantitative estimate of drug-likeness (QED) is 0.805. The van der Waals surface area contributed by atoms with Gasteiger partial charge in [-0.1, -0.05) is 6.42 Å². The van der Waals surface area contributed by atoms with Crippen LogP contribution in [0.1, 0.15) is 30.9 Å². The number of hydrogen-bond donors (Lipinski definition) is 2. The van der Waals surface area contributed by atoms with Crippen molar-refractivity contribution in [2.75, 3.05) is 20.1 Å². The third kappa shape index (κ3) is 3.54. The van der Waals surface area contributed by atoms with Crippen LogP contribution in [0.5, 0.6) is 0 Å². The Hall–Kier alpha value is -1.40. The highest BCUT2D eigenvalue weighted by molar-refractivity contribution is 5.82. The summed E-state index contributed by atoms with van der Waals surface area (Å²) in [5.74, 6) is -0.132. The predicted octanol–water partition coefficient (Wildman–Crippen LogP) is 0.0204. The summed E-state index contributed by atoms with van der Waals surface area (Å²) in [6.07, 6.45) is 7.03. The van der Waals surface area contributed by atoms with Crippen molar-refractivity contribution >= 4 is 5.91 Å². The van der Waals surface area contributed by atoms with Crippen molar-refractivity contribution in [2.24, 2.45) is 12.8 Å². The molecular weight excluding hydrogens is 242 g/mol. The lowest BCUT2D eigenvalue weighted by Crippen LogP contribution is -2.46. The number of aryl methyl sites for hydroxylation is 1. The van der Waals surface area contributed by atoms with Crippen LogP contribution in [-0.2, 0) is 11.8 Å². The summed E-state index contributed by atoms with van der Waals surface area (Å²) in [7, 11) is 3.92. The highest BCUT2D eigenvalue weighted by atomic mass is 16.2. The van der Waals surface area contributed by atoms with Crippen LogP contribution in [0.15, 0.2) is 12.4 Å². The fraction of sp³-hybridized carbons (Fsp3) is 0.692. The number of nitrogens with two attached hydrogens (primary N) is 1. The molecule has 0 aromatic carbocycles. The summed E-state index contributed by atoms with van der Waals surface area (Å²) < 4.78 is 1.65. The Morgan fingerprint density at radius 2 is 2.37 bits per heavy atom. The summed E-state index contributed by atoms with van der Waals surface area (Å²) in [5, 5.41) is 6.98. The molecule has 0 aliphatic carbocycles. The SMILES string of the molecule is CN1CCCCC1CNC(=O)C(N)c1cnn(C)c1. The zero-order valence-electron chi connectivity index (χ0n) is 11.7. The fourth-order valence-electron chi connectivity index (χ4n) is 2.48. The molecule has 0 saturated carbocycles. The van der Waals surface area contributed by atoms with Crippen LogP contribution in [0.25, 0.3) is 0 Å². The van der Waals surface area contributed by atoms with E-state index in [1.54, 1.807) is 17.1 Å². The zero-order valence-corrected chi connectivity index (χ0v) is 11.7. The van der Waals surface area contributed by atoms with Gasteiger partial charge >= 0.3 is 0 Å². The average molecular weight is 265 g/mol.